The molecule has 1 aromatic heterocycles. The van der Waals surface area contributed by atoms with Crippen LogP contribution in [0.25, 0.3) is 0 Å². The van der Waals surface area contributed by atoms with Crippen molar-refractivity contribution < 1.29 is 8.42 Å². The third-order valence-electron chi connectivity index (χ3n) is 2.79. The molecule has 0 saturated carbocycles. The predicted molar refractivity (Wildman–Crippen MR) is 65.2 cm³/mol. The molecule has 1 saturated heterocycles. The Kier molecular flexibility index (Phi) is 3.91. The lowest BCUT2D eigenvalue weighted by Gasteiger charge is -2.19. The number of hydrogen-bond donors (Lipinski definition) is 1. The average Bonchev–Trinajstić information content (AvgIpc) is 2.68. The second-order valence-electron chi connectivity index (χ2n) is 4.00. The lowest BCUT2D eigenvalue weighted by molar-refractivity contribution is 0.431. The van der Waals surface area contributed by atoms with Crippen molar-refractivity contribution in [3.63, 3.8) is 0 Å². The van der Waals surface area contributed by atoms with Crippen LogP contribution in [0, 0.1) is 11.3 Å². The van der Waals surface area contributed by atoms with Gasteiger partial charge in [-0.1, -0.05) is 0 Å². The summed E-state index contributed by atoms with van der Waals surface area (Å²) in [6.45, 7) is 2.46. The topological polar surface area (TPSA) is 86.1 Å². The number of sulfonamides is 1. The smallest absolute Gasteiger partial charge is 0.244 e. The van der Waals surface area contributed by atoms with E-state index in [0.29, 0.717) is 19.6 Å². The van der Waals surface area contributed by atoms with E-state index in [2.05, 4.69) is 10.3 Å². The molecule has 96 valence electrons. The Labute approximate surface area is 106 Å². The van der Waals surface area contributed by atoms with Gasteiger partial charge in [0.2, 0.25) is 10.0 Å². The molecule has 1 fully saturated rings. The maximum Gasteiger partial charge on any atom is 0.244 e. The van der Waals surface area contributed by atoms with Gasteiger partial charge in [-0.2, -0.15) is 9.57 Å². The van der Waals surface area contributed by atoms with E-state index >= 15 is 0 Å². The Balaban J connectivity index is 2.26. The summed E-state index contributed by atoms with van der Waals surface area (Å²) in [5.41, 5.74) is 0.214. The maximum absolute atomic E-state index is 12.3. The van der Waals surface area contributed by atoms with Crippen LogP contribution in [0.15, 0.2) is 23.2 Å². The van der Waals surface area contributed by atoms with Gasteiger partial charge in [-0.05, 0) is 25.1 Å². The van der Waals surface area contributed by atoms with Crippen molar-refractivity contribution in [2.45, 2.75) is 11.3 Å². The average molecular weight is 266 g/mol. The number of hydrogen-bond acceptors (Lipinski definition) is 5. The van der Waals surface area contributed by atoms with Gasteiger partial charge >= 0.3 is 0 Å². The second kappa shape index (κ2) is 5.44. The van der Waals surface area contributed by atoms with E-state index in [1.54, 1.807) is 0 Å². The van der Waals surface area contributed by atoms with E-state index < -0.39 is 10.0 Å². The molecule has 0 aliphatic carbocycles. The zero-order valence-electron chi connectivity index (χ0n) is 9.83. The zero-order chi connectivity index (χ0) is 13.0. The molecule has 2 rings (SSSR count). The number of rotatable bonds is 2. The maximum atomic E-state index is 12.3. The SMILES string of the molecule is N#Cc1ccc(S(=O)(=O)N2CCCNCC2)cn1. The first-order chi connectivity index (χ1) is 8.64. The van der Waals surface area contributed by atoms with Crippen LogP contribution >= 0.6 is 0 Å². The van der Waals surface area contributed by atoms with E-state index in [0.717, 1.165) is 13.0 Å². The van der Waals surface area contributed by atoms with Gasteiger partial charge in [0, 0.05) is 25.8 Å². The van der Waals surface area contributed by atoms with E-state index in [9.17, 15) is 8.42 Å². The number of pyridine rings is 1. The van der Waals surface area contributed by atoms with Crippen LogP contribution in [0.5, 0.6) is 0 Å². The Hall–Kier alpha value is -1.49. The molecule has 0 radical (unpaired) electrons. The fourth-order valence-corrected chi connectivity index (χ4v) is 3.23. The summed E-state index contributed by atoms with van der Waals surface area (Å²) in [6.07, 6.45) is 2.04. The quantitative estimate of drug-likeness (QED) is 0.810. The first-order valence-corrected chi connectivity index (χ1v) is 7.15. The molecule has 0 aromatic carbocycles. The van der Waals surface area contributed by atoms with Crippen LogP contribution in [0.4, 0.5) is 0 Å². The molecule has 0 spiro atoms. The molecule has 0 atom stereocenters. The Bertz CT molecular complexity index is 539. The Morgan fingerprint density at radius 1 is 1.33 bits per heavy atom. The number of nitriles is 1. The van der Waals surface area contributed by atoms with E-state index in [1.165, 1.54) is 22.6 Å². The lowest BCUT2D eigenvalue weighted by atomic mass is 10.4. The first-order valence-electron chi connectivity index (χ1n) is 5.71. The van der Waals surface area contributed by atoms with Crippen molar-refractivity contribution in [3.8, 4) is 6.07 Å². The molecular weight excluding hydrogens is 252 g/mol. The van der Waals surface area contributed by atoms with E-state index in [-0.39, 0.29) is 10.6 Å². The van der Waals surface area contributed by atoms with Crippen molar-refractivity contribution in [3.05, 3.63) is 24.0 Å². The normalized spacial score (nSPS) is 17.9. The highest BCUT2D eigenvalue weighted by Crippen LogP contribution is 2.15. The van der Waals surface area contributed by atoms with Gasteiger partial charge in [0.05, 0.1) is 0 Å². The van der Waals surface area contributed by atoms with E-state index in [1.807, 2.05) is 6.07 Å². The summed E-state index contributed by atoms with van der Waals surface area (Å²) in [5.74, 6) is 0. The highest BCUT2D eigenvalue weighted by Gasteiger charge is 2.25. The third-order valence-corrected chi connectivity index (χ3v) is 4.67. The van der Waals surface area contributed by atoms with Crippen LogP contribution in [-0.2, 0) is 10.0 Å². The van der Waals surface area contributed by atoms with Gasteiger partial charge in [0.15, 0.2) is 0 Å². The van der Waals surface area contributed by atoms with Crippen LogP contribution < -0.4 is 5.32 Å². The summed E-state index contributed by atoms with van der Waals surface area (Å²) in [4.78, 5) is 3.94. The summed E-state index contributed by atoms with van der Waals surface area (Å²) in [6, 6.07) is 4.71. The molecule has 18 heavy (non-hydrogen) atoms. The number of aromatic nitrogens is 1. The Morgan fingerprint density at radius 2 is 2.17 bits per heavy atom. The largest absolute Gasteiger partial charge is 0.315 e. The van der Waals surface area contributed by atoms with Crippen LogP contribution in [0.3, 0.4) is 0 Å². The van der Waals surface area contributed by atoms with Crippen LogP contribution in [0.2, 0.25) is 0 Å². The fraction of sp³-hybridized carbons (Fsp3) is 0.455. The molecule has 1 aromatic rings. The lowest BCUT2D eigenvalue weighted by Crippen LogP contribution is -2.34. The van der Waals surface area contributed by atoms with Gasteiger partial charge in [-0.15, -0.1) is 0 Å². The van der Waals surface area contributed by atoms with Crippen molar-refractivity contribution in [2.24, 2.45) is 0 Å². The summed E-state index contributed by atoms with van der Waals surface area (Å²) < 4.78 is 26.1. The highest BCUT2D eigenvalue weighted by molar-refractivity contribution is 7.89. The van der Waals surface area contributed by atoms with Crippen LogP contribution in [-0.4, -0.2) is 43.9 Å². The monoisotopic (exact) mass is 266 g/mol. The van der Waals surface area contributed by atoms with Crippen molar-refractivity contribution >= 4 is 10.0 Å². The van der Waals surface area contributed by atoms with Gasteiger partial charge < -0.3 is 5.32 Å². The number of nitrogens with zero attached hydrogens (tertiary/aromatic N) is 3. The number of nitrogens with one attached hydrogen (secondary N) is 1. The van der Waals surface area contributed by atoms with Crippen molar-refractivity contribution in [1.82, 2.24) is 14.6 Å². The second-order valence-corrected chi connectivity index (χ2v) is 5.94. The minimum absolute atomic E-state index is 0.142. The van der Waals surface area contributed by atoms with Gasteiger partial charge in [0.1, 0.15) is 16.7 Å². The minimum Gasteiger partial charge on any atom is -0.315 e. The van der Waals surface area contributed by atoms with Gasteiger partial charge in [-0.3, -0.25) is 0 Å². The molecule has 1 aliphatic rings. The molecule has 1 aliphatic heterocycles. The third kappa shape index (κ3) is 2.67. The highest BCUT2D eigenvalue weighted by atomic mass is 32.2. The van der Waals surface area contributed by atoms with Gasteiger partial charge in [-0.25, -0.2) is 13.4 Å². The molecule has 6 nitrogen and oxygen atoms in total. The standard InChI is InChI=1S/C11H14N4O2S/c12-8-10-2-3-11(9-14-10)18(16,17)15-6-1-4-13-5-7-15/h2-3,9,13H,1,4-7H2. The summed E-state index contributed by atoms with van der Waals surface area (Å²) in [5, 5.41) is 11.8. The zero-order valence-corrected chi connectivity index (χ0v) is 10.7. The minimum atomic E-state index is -3.49. The molecular formula is C11H14N4O2S. The van der Waals surface area contributed by atoms with E-state index in [4.69, 9.17) is 5.26 Å². The molecule has 0 amide bonds. The first kappa shape index (κ1) is 13.0. The molecule has 0 unspecified atom stereocenters. The summed E-state index contributed by atoms with van der Waals surface area (Å²) in [7, 11) is -3.49. The van der Waals surface area contributed by atoms with Crippen molar-refractivity contribution in [1.29, 1.82) is 5.26 Å². The molecule has 2 heterocycles. The molecule has 7 heteroatoms. The fourth-order valence-electron chi connectivity index (χ4n) is 1.81. The molecule has 0 bridgehead atoms. The Morgan fingerprint density at radius 3 is 2.83 bits per heavy atom. The molecule has 1 N–H and O–H groups in total. The predicted octanol–water partition coefficient (Wildman–Crippen LogP) is -0.0627. The summed E-state index contributed by atoms with van der Waals surface area (Å²) >= 11 is 0. The van der Waals surface area contributed by atoms with Crippen LogP contribution in [0.1, 0.15) is 12.1 Å². The van der Waals surface area contributed by atoms with Gasteiger partial charge in [0.25, 0.3) is 0 Å². The van der Waals surface area contributed by atoms with Crippen molar-refractivity contribution in [2.75, 3.05) is 26.2 Å².